The number of rotatable bonds is 8. The van der Waals surface area contributed by atoms with Crippen LogP contribution < -0.4 is 4.74 Å². The van der Waals surface area contributed by atoms with Gasteiger partial charge in [-0.15, -0.1) is 10.2 Å². The standard InChI is InChI=1S/C20H20BrClN4O2S/c1-25(11-12-28-17-9-5-15(21)6-10-17)18(27)13-29-20-24-23-19(26(20)2)14-3-7-16(22)8-4-14/h3-10H,11-13H2,1-2H3. The van der Waals surface area contributed by atoms with E-state index in [2.05, 4.69) is 26.1 Å². The second-order valence-corrected chi connectivity index (χ2v) is 8.57. The fourth-order valence-electron chi connectivity index (χ4n) is 2.48. The van der Waals surface area contributed by atoms with Crippen LogP contribution in [0.2, 0.25) is 5.02 Å². The molecule has 0 unspecified atom stereocenters. The Balaban J connectivity index is 1.48. The summed E-state index contributed by atoms with van der Waals surface area (Å²) in [5.74, 6) is 1.79. The molecule has 0 fully saturated rings. The molecule has 6 nitrogen and oxygen atoms in total. The lowest BCUT2D eigenvalue weighted by Crippen LogP contribution is -2.32. The van der Waals surface area contributed by atoms with Crippen molar-refractivity contribution in [1.29, 1.82) is 0 Å². The van der Waals surface area contributed by atoms with Crippen molar-refractivity contribution in [3.05, 3.63) is 58.0 Å². The first-order chi connectivity index (χ1) is 13.9. The van der Waals surface area contributed by atoms with Crippen LogP contribution in [0.5, 0.6) is 5.75 Å². The van der Waals surface area contributed by atoms with Gasteiger partial charge < -0.3 is 14.2 Å². The molecule has 0 saturated carbocycles. The Morgan fingerprint density at radius 2 is 1.86 bits per heavy atom. The number of ether oxygens (including phenoxy) is 1. The Kier molecular flexibility index (Phi) is 7.57. The molecule has 3 aromatic rings. The molecule has 1 amide bonds. The maximum Gasteiger partial charge on any atom is 0.232 e. The van der Waals surface area contributed by atoms with Gasteiger partial charge in [-0.05, 0) is 48.5 Å². The molecule has 0 atom stereocenters. The third-order valence-electron chi connectivity index (χ3n) is 4.20. The first-order valence-corrected chi connectivity index (χ1v) is 11.0. The highest BCUT2D eigenvalue weighted by Crippen LogP contribution is 2.24. The Bertz CT molecular complexity index is 964. The lowest BCUT2D eigenvalue weighted by atomic mass is 10.2. The third-order valence-corrected chi connectivity index (χ3v) is 5.98. The number of hydrogen-bond donors (Lipinski definition) is 0. The van der Waals surface area contributed by atoms with E-state index in [-0.39, 0.29) is 11.7 Å². The van der Waals surface area contributed by atoms with Crippen LogP contribution in [0.3, 0.4) is 0 Å². The summed E-state index contributed by atoms with van der Waals surface area (Å²) in [5, 5.41) is 9.78. The predicted octanol–water partition coefficient (Wildman–Crippen LogP) is 4.53. The van der Waals surface area contributed by atoms with E-state index < -0.39 is 0 Å². The van der Waals surface area contributed by atoms with Gasteiger partial charge in [0.15, 0.2) is 11.0 Å². The lowest BCUT2D eigenvalue weighted by molar-refractivity contribution is -0.127. The summed E-state index contributed by atoms with van der Waals surface area (Å²) in [5.41, 5.74) is 0.921. The average molecular weight is 496 g/mol. The molecule has 0 spiro atoms. The molecule has 0 N–H and O–H groups in total. The van der Waals surface area contributed by atoms with Crippen molar-refractivity contribution < 1.29 is 9.53 Å². The second kappa shape index (κ2) is 10.1. The lowest BCUT2D eigenvalue weighted by Gasteiger charge is -2.17. The number of likely N-dealkylation sites (N-methyl/N-ethyl adjacent to an activating group) is 1. The largest absolute Gasteiger partial charge is 0.492 e. The van der Waals surface area contributed by atoms with E-state index >= 15 is 0 Å². The Morgan fingerprint density at radius 3 is 2.55 bits per heavy atom. The number of carbonyl (C=O) groups is 1. The summed E-state index contributed by atoms with van der Waals surface area (Å²) in [6, 6.07) is 15.0. The van der Waals surface area contributed by atoms with Gasteiger partial charge in [0.25, 0.3) is 0 Å². The maximum absolute atomic E-state index is 12.4. The zero-order chi connectivity index (χ0) is 20.8. The molecule has 1 aromatic heterocycles. The summed E-state index contributed by atoms with van der Waals surface area (Å²) in [6.45, 7) is 0.934. The van der Waals surface area contributed by atoms with Gasteiger partial charge in [-0.2, -0.15) is 0 Å². The van der Waals surface area contributed by atoms with Crippen LogP contribution in [0, 0.1) is 0 Å². The van der Waals surface area contributed by atoms with Crippen molar-refractivity contribution in [3.63, 3.8) is 0 Å². The molecule has 0 aliphatic carbocycles. The number of thioether (sulfide) groups is 1. The third kappa shape index (κ3) is 5.98. The van der Waals surface area contributed by atoms with Gasteiger partial charge in [0.1, 0.15) is 12.4 Å². The van der Waals surface area contributed by atoms with E-state index in [0.29, 0.717) is 23.3 Å². The number of benzene rings is 2. The Morgan fingerprint density at radius 1 is 1.17 bits per heavy atom. The smallest absolute Gasteiger partial charge is 0.232 e. The predicted molar refractivity (Wildman–Crippen MR) is 119 cm³/mol. The van der Waals surface area contributed by atoms with Crippen molar-refractivity contribution in [2.24, 2.45) is 7.05 Å². The fourth-order valence-corrected chi connectivity index (χ4v) is 3.73. The summed E-state index contributed by atoms with van der Waals surface area (Å²) >= 11 is 10.7. The summed E-state index contributed by atoms with van der Waals surface area (Å²) < 4.78 is 8.54. The number of amides is 1. The van der Waals surface area contributed by atoms with Crippen molar-refractivity contribution >= 4 is 45.2 Å². The number of carbonyl (C=O) groups excluding carboxylic acids is 1. The van der Waals surface area contributed by atoms with Crippen molar-refractivity contribution in [1.82, 2.24) is 19.7 Å². The zero-order valence-corrected chi connectivity index (χ0v) is 19.2. The van der Waals surface area contributed by atoms with Gasteiger partial charge in [0.2, 0.25) is 5.91 Å². The Labute approximate surface area is 187 Å². The molecule has 0 bridgehead atoms. The van der Waals surface area contributed by atoms with E-state index in [1.165, 1.54) is 11.8 Å². The minimum atomic E-state index is 0.00505. The van der Waals surface area contributed by atoms with Crippen LogP contribution in [0.25, 0.3) is 11.4 Å². The van der Waals surface area contributed by atoms with E-state index in [1.807, 2.05) is 60.1 Å². The molecule has 3 rings (SSSR count). The van der Waals surface area contributed by atoms with Crippen LogP contribution in [0.15, 0.2) is 58.2 Å². The highest BCUT2D eigenvalue weighted by molar-refractivity contribution is 9.10. The molecule has 2 aromatic carbocycles. The SMILES string of the molecule is CN(CCOc1ccc(Br)cc1)C(=O)CSc1nnc(-c2ccc(Cl)cc2)n1C. The van der Waals surface area contributed by atoms with Crippen LogP contribution in [0.1, 0.15) is 0 Å². The van der Waals surface area contributed by atoms with Gasteiger partial charge in [-0.1, -0.05) is 39.3 Å². The summed E-state index contributed by atoms with van der Waals surface area (Å²) in [6.07, 6.45) is 0. The molecular formula is C20H20BrClN4O2S. The summed E-state index contributed by atoms with van der Waals surface area (Å²) in [4.78, 5) is 14.1. The van der Waals surface area contributed by atoms with E-state index in [4.69, 9.17) is 16.3 Å². The summed E-state index contributed by atoms with van der Waals surface area (Å²) in [7, 11) is 3.65. The number of hydrogen-bond acceptors (Lipinski definition) is 5. The van der Waals surface area contributed by atoms with Gasteiger partial charge in [-0.25, -0.2) is 0 Å². The highest BCUT2D eigenvalue weighted by Gasteiger charge is 2.15. The molecular weight excluding hydrogens is 476 g/mol. The molecule has 1 heterocycles. The maximum atomic E-state index is 12.4. The molecule has 0 radical (unpaired) electrons. The highest BCUT2D eigenvalue weighted by atomic mass is 79.9. The number of halogens is 2. The fraction of sp³-hybridized carbons (Fsp3) is 0.250. The van der Waals surface area contributed by atoms with E-state index in [0.717, 1.165) is 21.6 Å². The van der Waals surface area contributed by atoms with Gasteiger partial charge in [-0.3, -0.25) is 4.79 Å². The Hall–Kier alpha value is -2.03. The van der Waals surface area contributed by atoms with Crippen LogP contribution in [-0.4, -0.2) is 51.5 Å². The minimum absolute atomic E-state index is 0.00505. The average Bonchev–Trinajstić information content (AvgIpc) is 3.08. The number of aromatic nitrogens is 3. The molecule has 9 heteroatoms. The first kappa shape index (κ1) is 21.7. The first-order valence-electron chi connectivity index (χ1n) is 8.84. The normalized spacial score (nSPS) is 10.8. The number of nitrogens with zero attached hydrogens (tertiary/aromatic N) is 4. The van der Waals surface area contributed by atoms with Crippen LogP contribution in [-0.2, 0) is 11.8 Å². The monoisotopic (exact) mass is 494 g/mol. The molecule has 0 aliphatic rings. The van der Waals surface area contributed by atoms with Crippen molar-refractivity contribution in [3.8, 4) is 17.1 Å². The minimum Gasteiger partial charge on any atom is -0.492 e. The topological polar surface area (TPSA) is 60.2 Å². The quantitative estimate of drug-likeness (QED) is 0.430. The van der Waals surface area contributed by atoms with E-state index in [9.17, 15) is 4.79 Å². The molecule has 29 heavy (non-hydrogen) atoms. The van der Waals surface area contributed by atoms with Crippen molar-refractivity contribution in [2.45, 2.75) is 5.16 Å². The van der Waals surface area contributed by atoms with E-state index in [1.54, 1.807) is 11.9 Å². The zero-order valence-electron chi connectivity index (χ0n) is 16.0. The van der Waals surface area contributed by atoms with Gasteiger partial charge in [0.05, 0.1) is 12.3 Å². The molecule has 152 valence electrons. The van der Waals surface area contributed by atoms with Crippen molar-refractivity contribution in [2.75, 3.05) is 26.0 Å². The van der Waals surface area contributed by atoms with Crippen LogP contribution in [0.4, 0.5) is 0 Å². The van der Waals surface area contributed by atoms with Gasteiger partial charge >= 0.3 is 0 Å². The van der Waals surface area contributed by atoms with Gasteiger partial charge in [0, 0.05) is 29.2 Å². The molecule has 0 saturated heterocycles. The van der Waals surface area contributed by atoms with Crippen LogP contribution >= 0.6 is 39.3 Å². The second-order valence-electron chi connectivity index (χ2n) is 6.28. The molecule has 0 aliphatic heterocycles.